The molecule has 0 aliphatic rings. The van der Waals surface area contributed by atoms with E-state index in [0.717, 1.165) is 27.5 Å². The number of halogens is 1. The van der Waals surface area contributed by atoms with E-state index in [1.54, 1.807) is 7.11 Å². The topological polar surface area (TPSA) is 12.2 Å². The Hall–Kier alpha value is -2.06. The third kappa shape index (κ3) is 4.20. The summed E-state index contributed by atoms with van der Waals surface area (Å²) in [6, 6.07) is 16.2. The van der Waals surface area contributed by atoms with Gasteiger partial charge < -0.3 is 4.74 Å². The summed E-state index contributed by atoms with van der Waals surface area (Å²) in [5, 5.41) is 0.727. The van der Waals surface area contributed by atoms with Crippen molar-refractivity contribution in [2.45, 2.75) is 0 Å². The first kappa shape index (κ1) is 15.3. The van der Waals surface area contributed by atoms with Crippen molar-refractivity contribution in [1.82, 2.24) is 0 Å². The second kappa shape index (κ2) is 7.09. The normalized spacial score (nSPS) is 11.1. The second-order valence-electron chi connectivity index (χ2n) is 4.93. The lowest BCUT2D eigenvalue weighted by Crippen LogP contribution is -1.95. The zero-order chi connectivity index (χ0) is 15.2. The zero-order valence-electron chi connectivity index (χ0n) is 12.5. The summed E-state index contributed by atoms with van der Waals surface area (Å²) in [5.74, 6) is 0.862. The van der Waals surface area contributed by atoms with Crippen molar-refractivity contribution in [3.63, 3.8) is 0 Å². The Morgan fingerprint density at radius 2 is 1.48 bits per heavy atom. The Morgan fingerprint density at radius 1 is 0.952 bits per heavy atom. The molecule has 0 saturated heterocycles. The zero-order valence-corrected chi connectivity index (χ0v) is 13.3. The maximum atomic E-state index is 6.27. The first-order chi connectivity index (χ1) is 10.1. The van der Waals surface area contributed by atoms with E-state index < -0.39 is 0 Å². The van der Waals surface area contributed by atoms with Crippen molar-refractivity contribution in [3.05, 3.63) is 60.2 Å². The Morgan fingerprint density at radius 3 is 1.95 bits per heavy atom. The second-order valence-corrected chi connectivity index (χ2v) is 5.34. The van der Waals surface area contributed by atoms with E-state index in [2.05, 4.69) is 12.1 Å². The first-order valence-corrected chi connectivity index (χ1v) is 7.10. The fourth-order valence-electron chi connectivity index (χ4n) is 1.92. The molecule has 0 N–H and O–H groups in total. The van der Waals surface area contributed by atoms with Crippen LogP contribution in [0.15, 0.2) is 54.6 Å². The van der Waals surface area contributed by atoms with Crippen LogP contribution in [0.25, 0.3) is 16.2 Å². The van der Waals surface area contributed by atoms with Crippen molar-refractivity contribution in [3.8, 4) is 16.9 Å². The SMILES string of the molecule is COc1ccc(-c2ccc(/C(Cl)=C/C=[N+](C)C)cc2)cc1. The van der Waals surface area contributed by atoms with Crippen molar-refractivity contribution in [2.24, 2.45) is 0 Å². The lowest BCUT2D eigenvalue weighted by Gasteiger charge is -2.05. The number of rotatable bonds is 4. The van der Waals surface area contributed by atoms with Gasteiger partial charge in [-0.3, -0.25) is 0 Å². The summed E-state index contributed by atoms with van der Waals surface area (Å²) in [4.78, 5) is 0. The quantitative estimate of drug-likeness (QED) is 0.606. The molecule has 0 fully saturated rings. The monoisotopic (exact) mass is 300 g/mol. The van der Waals surface area contributed by atoms with Crippen molar-refractivity contribution in [1.29, 1.82) is 0 Å². The van der Waals surface area contributed by atoms with Crippen LogP contribution in [0.2, 0.25) is 0 Å². The Kier molecular flexibility index (Phi) is 5.18. The summed E-state index contributed by atoms with van der Waals surface area (Å²) in [5.41, 5.74) is 3.32. The number of methoxy groups -OCH3 is 1. The number of allylic oxidation sites excluding steroid dienone is 1. The molecule has 0 heterocycles. The van der Waals surface area contributed by atoms with Gasteiger partial charge in [-0.05, 0) is 28.8 Å². The predicted molar refractivity (Wildman–Crippen MR) is 90.4 cm³/mol. The molecular weight excluding hydrogens is 282 g/mol. The fraction of sp³-hybridized carbons (Fsp3) is 0.167. The largest absolute Gasteiger partial charge is 0.497 e. The molecule has 2 nitrogen and oxygen atoms in total. The molecular formula is C18H19ClNO+. The standard InChI is InChI=1S/C18H19ClNO/c1-20(2)13-12-18(19)16-6-4-14(5-7-16)15-8-10-17(21-3)11-9-15/h4-13H,1-3H3/q+1/b18-12-. The third-order valence-electron chi connectivity index (χ3n) is 3.10. The van der Waals surface area contributed by atoms with Gasteiger partial charge in [0, 0.05) is 6.08 Å². The maximum Gasteiger partial charge on any atom is 0.164 e. The lowest BCUT2D eigenvalue weighted by atomic mass is 10.0. The van der Waals surface area contributed by atoms with Crippen molar-refractivity contribution in [2.75, 3.05) is 21.2 Å². The number of benzene rings is 2. The van der Waals surface area contributed by atoms with E-state index in [1.807, 2.05) is 67.4 Å². The van der Waals surface area contributed by atoms with Crippen LogP contribution in [0, 0.1) is 0 Å². The molecule has 0 bridgehead atoms. The highest BCUT2D eigenvalue weighted by atomic mass is 35.5. The Bertz CT molecular complexity index is 651. The average molecular weight is 301 g/mol. The van der Waals surface area contributed by atoms with Gasteiger partial charge in [-0.1, -0.05) is 48.0 Å². The predicted octanol–water partition coefficient (Wildman–Crippen LogP) is 4.28. The minimum Gasteiger partial charge on any atom is -0.497 e. The van der Waals surface area contributed by atoms with Gasteiger partial charge in [0.25, 0.3) is 0 Å². The van der Waals surface area contributed by atoms with Crippen molar-refractivity contribution < 1.29 is 9.31 Å². The molecule has 0 aliphatic carbocycles. The maximum absolute atomic E-state index is 6.27. The fourth-order valence-corrected chi connectivity index (χ4v) is 2.10. The van der Waals surface area contributed by atoms with E-state index in [4.69, 9.17) is 16.3 Å². The van der Waals surface area contributed by atoms with Crippen LogP contribution in [0.4, 0.5) is 0 Å². The lowest BCUT2D eigenvalue weighted by molar-refractivity contribution is -0.458. The summed E-state index contributed by atoms with van der Waals surface area (Å²) in [6.07, 6.45) is 3.82. The molecule has 21 heavy (non-hydrogen) atoms. The number of ether oxygens (including phenoxy) is 1. The van der Waals surface area contributed by atoms with E-state index in [1.165, 1.54) is 0 Å². The molecule has 0 aromatic heterocycles. The van der Waals surface area contributed by atoms with Crippen LogP contribution >= 0.6 is 11.6 Å². The Balaban J connectivity index is 2.22. The number of hydrogen-bond acceptors (Lipinski definition) is 1. The summed E-state index contributed by atoms with van der Waals surface area (Å²) < 4.78 is 7.12. The summed E-state index contributed by atoms with van der Waals surface area (Å²) >= 11 is 6.27. The molecule has 0 saturated carbocycles. The van der Waals surface area contributed by atoms with Gasteiger partial charge in [0.05, 0.1) is 12.1 Å². The van der Waals surface area contributed by atoms with Crippen LogP contribution in [-0.2, 0) is 0 Å². The van der Waals surface area contributed by atoms with Crippen molar-refractivity contribution >= 4 is 22.8 Å². The minimum atomic E-state index is 0.727. The molecule has 108 valence electrons. The molecule has 0 radical (unpaired) electrons. The van der Waals surface area contributed by atoms with E-state index >= 15 is 0 Å². The first-order valence-electron chi connectivity index (χ1n) is 6.72. The van der Waals surface area contributed by atoms with Crippen LogP contribution < -0.4 is 4.74 Å². The van der Waals surface area contributed by atoms with Gasteiger partial charge in [0.15, 0.2) is 6.21 Å². The van der Waals surface area contributed by atoms with E-state index in [0.29, 0.717) is 0 Å². The highest BCUT2D eigenvalue weighted by Gasteiger charge is 2.01. The van der Waals surface area contributed by atoms with Gasteiger partial charge >= 0.3 is 0 Å². The van der Waals surface area contributed by atoms with Crippen LogP contribution in [-0.4, -0.2) is 32.0 Å². The highest BCUT2D eigenvalue weighted by Crippen LogP contribution is 2.25. The molecule has 3 heteroatoms. The molecule has 0 aliphatic heterocycles. The third-order valence-corrected chi connectivity index (χ3v) is 3.45. The highest BCUT2D eigenvalue weighted by molar-refractivity contribution is 6.49. The van der Waals surface area contributed by atoms with Gasteiger partial charge in [0.1, 0.15) is 19.8 Å². The van der Waals surface area contributed by atoms with Gasteiger partial charge in [-0.2, -0.15) is 0 Å². The Labute approximate surface area is 131 Å². The van der Waals surface area contributed by atoms with E-state index in [-0.39, 0.29) is 0 Å². The summed E-state index contributed by atoms with van der Waals surface area (Å²) in [6.45, 7) is 0. The smallest absolute Gasteiger partial charge is 0.164 e. The molecule has 0 amide bonds. The molecule has 0 spiro atoms. The van der Waals surface area contributed by atoms with Crippen LogP contribution in [0.5, 0.6) is 5.75 Å². The molecule has 2 aromatic rings. The number of hydrogen-bond donors (Lipinski definition) is 0. The average Bonchev–Trinajstić information content (AvgIpc) is 2.53. The molecule has 2 rings (SSSR count). The van der Waals surface area contributed by atoms with E-state index in [9.17, 15) is 0 Å². The molecule has 0 unspecified atom stereocenters. The number of nitrogens with zero attached hydrogens (tertiary/aromatic N) is 1. The van der Waals surface area contributed by atoms with Gasteiger partial charge in [0.2, 0.25) is 0 Å². The summed E-state index contributed by atoms with van der Waals surface area (Å²) in [7, 11) is 5.60. The van der Waals surface area contributed by atoms with Crippen LogP contribution in [0.3, 0.4) is 0 Å². The van der Waals surface area contributed by atoms with Gasteiger partial charge in [-0.25, -0.2) is 4.58 Å². The van der Waals surface area contributed by atoms with Gasteiger partial charge in [-0.15, -0.1) is 0 Å². The van der Waals surface area contributed by atoms with Crippen LogP contribution in [0.1, 0.15) is 5.56 Å². The minimum absolute atomic E-state index is 0.727. The molecule has 2 aromatic carbocycles. The molecule has 0 atom stereocenters.